The lowest BCUT2D eigenvalue weighted by atomic mass is 10.1. The zero-order chi connectivity index (χ0) is 13.3. The van der Waals surface area contributed by atoms with E-state index in [0.717, 1.165) is 11.3 Å². The Morgan fingerprint density at radius 3 is 2.72 bits per heavy atom. The molecule has 4 nitrogen and oxygen atoms in total. The number of anilines is 1. The molecule has 5 heteroatoms. The van der Waals surface area contributed by atoms with Gasteiger partial charge < -0.3 is 9.64 Å². The molecule has 1 fully saturated rings. The van der Waals surface area contributed by atoms with Gasteiger partial charge >= 0.3 is 5.97 Å². The van der Waals surface area contributed by atoms with Gasteiger partial charge in [0.25, 0.3) is 0 Å². The Bertz CT molecular complexity index is 501. The fourth-order valence-electron chi connectivity index (χ4n) is 2.07. The number of esters is 1. The molecule has 1 aromatic rings. The molecular weight excluding hydrogens is 298 g/mol. The third-order valence-corrected chi connectivity index (χ3v) is 3.62. The first-order valence-corrected chi connectivity index (χ1v) is 6.58. The molecule has 1 atom stereocenters. The van der Waals surface area contributed by atoms with Crippen molar-refractivity contribution in [1.29, 1.82) is 0 Å². The molecule has 18 heavy (non-hydrogen) atoms. The van der Waals surface area contributed by atoms with E-state index in [9.17, 15) is 9.59 Å². The zero-order valence-electron chi connectivity index (χ0n) is 10.3. The summed E-state index contributed by atoms with van der Waals surface area (Å²) in [6.07, 6.45) is 0.512. The van der Waals surface area contributed by atoms with Crippen molar-refractivity contribution in [3.05, 3.63) is 29.3 Å². The van der Waals surface area contributed by atoms with Crippen LogP contribution in [0, 0.1) is 6.92 Å². The summed E-state index contributed by atoms with van der Waals surface area (Å²) >= 11 is 3.45. The van der Waals surface area contributed by atoms with Crippen LogP contribution in [0.25, 0.3) is 0 Å². The smallest absolute Gasteiger partial charge is 0.338 e. The van der Waals surface area contributed by atoms with Gasteiger partial charge in [0.1, 0.15) is 0 Å². The first kappa shape index (κ1) is 13.1. The molecule has 96 valence electrons. The SMILES string of the molecule is COC(=O)c1ccc(N2CC(Br)CC2=O)cc1C. The number of benzene rings is 1. The van der Waals surface area contributed by atoms with Gasteiger partial charge in [0.05, 0.1) is 12.7 Å². The van der Waals surface area contributed by atoms with E-state index in [-0.39, 0.29) is 16.7 Å². The van der Waals surface area contributed by atoms with Crippen LogP contribution >= 0.6 is 15.9 Å². The largest absolute Gasteiger partial charge is 0.465 e. The van der Waals surface area contributed by atoms with Crippen LogP contribution in [0.15, 0.2) is 18.2 Å². The number of carbonyl (C=O) groups excluding carboxylic acids is 2. The molecule has 1 aliphatic heterocycles. The van der Waals surface area contributed by atoms with Crippen molar-refractivity contribution in [2.45, 2.75) is 18.2 Å². The van der Waals surface area contributed by atoms with Crippen LogP contribution < -0.4 is 4.90 Å². The first-order chi connectivity index (χ1) is 8.52. The van der Waals surface area contributed by atoms with Gasteiger partial charge in [-0.15, -0.1) is 0 Å². The Morgan fingerprint density at radius 1 is 1.50 bits per heavy atom. The average Bonchev–Trinajstić information content (AvgIpc) is 2.67. The number of ether oxygens (including phenoxy) is 1. The Hall–Kier alpha value is -1.36. The number of hydrogen-bond acceptors (Lipinski definition) is 3. The maximum atomic E-state index is 11.8. The van der Waals surface area contributed by atoms with E-state index in [4.69, 9.17) is 4.74 Å². The van der Waals surface area contributed by atoms with Gasteiger partial charge in [-0.1, -0.05) is 15.9 Å². The van der Waals surface area contributed by atoms with Crippen molar-refractivity contribution in [3.63, 3.8) is 0 Å². The number of methoxy groups -OCH3 is 1. The number of rotatable bonds is 2. The highest BCUT2D eigenvalue weighted by atomic mass is 79.9. The summed E-state index contributed by atoms with van der Waals surface area (Å²) in [5.74, 6) is -0.257. The van der Waals surface area contributed by atoms with Crippen LogP contribution in [-0.2, 0) is 9.53 Å². The van der Waals surface area contributed by atoms with Crippen LogP contribution in [0.5, 0.6) is 0 Å². The van der Waals surface area contributed by atoms with Crippen molar-refractivity contribution in [3.8, 4) is 0 Å². The van der Waals surface area contributed by atoms with Gasteiger partial charge in [-0.05, 0) is 30.7 Å². The van der Waals surface area contributed by atoms with Crippen LogP contribution in [0.4, 0.5) is 5.69 Å². The van der Waals surface area contributed by atoms with Crippen molar-refractivity contribution in [1.82, 2.24) is 0 Å². The Morgan fingerprint density at radius 2 is 2.22 bits per heavy atom. The molecule has 0 radical (unpaired) electrons. The molecule has 1 saturated heterocycles. The van der Waals surface area contributed by atoms with Crippen molar-refractivity contribution < 1.29 is 14.3 Å². The topological polar surface area (TPSA) is 46.6 Å². The second-order valence-electron chi connectivity index (χ2n) is 4.30. The Labute approximate surface area is 114 Å². The summed E-state index contributed by atoms with van der Waals surface area (Å²) in [6, 6.07) is 5.32. The maximum Gasteiger partial charge on any atom is 0.338 e. The molecule has 0 aromatic heterocycles. The normalized spacial score (nSPS) is 19.2. The molecule has 1 heterocycles. The standard InChI is InChI=1S/C13H14BrNO3/c1-8-5-10(3-4-11(8)13(17)18-2)15-7-9(14)6-12(15)16/h3-5,9H,6-7H2,1-2H3. The van der Waals surface area contributed by atoms with Crippen molar-refractivity contribution >= 4 is 33.5 Å². The summed E-state index contributed by atoms with van der Waals surface area (Å²) in [5, 5.41) is 0. The molecule has 0 aliphatic carbocycles. The highest BCUT2D eigenvalue weighted by Crippen LogP contribution is 2.27. The molecule has 1 unspecified atom stereocenters. The molecule has 0 bridgehead atoms. The third kappa shape index (κ3) is 2.41. The van der Waals surface area contributed by atoms with E-state index in [0.29, 0.717) is 18.5 Å². The van der Waals surface area contributed by atoms with Crippen LogP contribution in [0.2, 0.25) is 0 Å². The number of alkyl halides is 1. The quantitative estimate of drug-likeness (QED) is 0.622. The molecule has 2 rings (SSSR count). The average molecular weight is 312 g/mol. The van der Waals surface area contributed by atoms with Crippen LogP contribution in [-0.4, -0.2) is 30.4 Å². The van der Waals surface area contributed by atoms with Crippen molar-refractivity contribution in [2.24, 2.45) is 0 Å². The predicted octanol–water partition coefficient (Wildman–Crippen LogP) is 2.28. The Balaban J connectivity index is 2.29. The highest BCUT2D eigenvalue weighted by molar-refractivity contribution is 9.09. The number of amides is 1. The number of aryl methyl sites for hydroxylation is 1. The fourth-order valence-corrected chi connectivity index (χ4v) is 2.63. The highest BCUT2D eigenvalue weighted by Gasteiger charge is 2.29. The second kappa shape index (κ2) is 5.10. The van der Waals surface area contributed by atoms with E-state index in [1.54, 1.807) is 17.0 Å². The monoisotopic (exact) mass is 311 g/mol. The van der Waals surface area contributed by atoms with Gasteiger partial charge in [-0.2, -0.15) is 0 Å². The van der Waals surface area contributed by atoms with E-state index < -0.39 is 0 Å². The van der Waals surface area contributed by atoms with Gasteiger partial charge in [0, 0.05) is 23.5 Å². The minimum atomic E-state index is -0.356. The number of halogens is 1. The van der Waals surface area contributed by atoms with Crippen molar-refractivity contribution in [2.75, 3.05) is 18.6 Å². The van der Waals surface area contributed by atoms with E-state index in [1.165, 1.54) is 7.11 Å². The zero-order valence-corrected chi connectivity index (χ0v) is 11.9. The number of nitrogens with zero attached hydrogens (tertiary/aromatic N) is 1. The molecular formula is C13H14BrNO3. The first-order valence-electron chi connectivity index (χ1n) is 5.66. The predicted molar refractivity (Wildman–Crippen MR) is 72.2 cm³/mol. The molecule has 0 N–H and O–H groups in total. The van der Waals surface area contributed by atoms with Crippen LogP contribution in [0.1, 0.15) is 22.3 Å². The summed E-state index contributed by atoms with van der Waals surface area (Å²) in [4.78, 5) is 25.2. The molecule has 0 saturated carbocycles. The van der Waals surface area contributed by atoms with Gasteiger partial charge in [-0.3, -0.25) is 4.79 Å². The minimum absolute atomic E-state index is 0.0992. The number of carbonyl (C=O) groups is 2. The van der Waals surface area contributed by atoms with Crippen LogP contribution in [0.3, 0.4) is 0 Å². The molecule has 0 spiro atoms. The van der Waals surface area contributed by atoms with E-state index in [1.807, 2.05) is 13.0 Å². The summed E-state index contributed by atoms with van der Waals surface area (Å²) in [7, 11) is 1.36. The van der Waals surface area contributed by atoms with E-state index >= 15 is 0 Å². The third-order valence-electron chi connectivity index (χ3n) is 3.00. The minimum Gasteiger partial charge on any atom is -0.465 e. The number of hydrogen-bond donors (Lipinski definition) is 0. The lowest BCUT2D eigenvalue weighted by molar-refractivity contribution is -0.117. The summed E-state index contributed by atoms with van der Waals surface area (Å²) in [6.45, 7) is 2.50. The second-order valence-corrected chi connectivity index (χ2v) is 5.59. The molecule has 1 amide bonds. The maximum absolute atomic E-state index is 11.8. The Kier molecular flexibility index (Phi) is 3.71. The fraction of sp³-hybridized carbons (Fsp3) is 0.385. The molecule has 1 aliphatic rings. The molecule has 1 aromatic carbocycles. The lowest BCUT2D eigenvalue weighted by Gasteiger charge is -2.17. The lowest BCUT2D eigenvalue weighted by Crippen LogP contribution is -2.24. The van der Waals surface area contributed by atoms with Gasteiger partial charge in [0.15, 0.2) is 0 Å². The summed E-state index contributed by atoms with van der Waals surface area (Å²) in [5.41, 5.74) is 2.17. The van der Waals surface area contributed by atoms with Gasteiger partial charge in [0.2, 0.25) is 5.91 Å². The summed E-state index contributed by atoms with van der Waals surface area (Å²) < 4.78 is 4.69. The van der Waals surface area contributed by atoms with E-state index in [2.05, 4.69) is 15.9 Å². The van der Waals surface area contributed by atoms with Gasteiger partial charge in [-0.25, -0.2) is 4.79 Å².